The number of thiophene rings is 14. The molecule has 0 unspecified atom stereocenters. The van der Waals surface area contributed by atoms with Gasteiger partial charge in [-0.3, -0.25) is 79.4 Å². The molecule has 14 aromatic rings. The third-order valence-electron chi connectivity index (χ3n) is 9.86. The van der Waals surface area contributed by atoms with E-state index in [2.05, 4.69) is 212 Å². The summed E-state index contributed by atoms with van der Waals surface area (Å²) in [6.45, 7) is 37.3. The molecule has 0 atom stereocenters. The van der Waals surface area contributed by atoms with Crippen molar-refractivity contribution < 1.29 is 260 Å². The van der Waals surface area contributed by atoms with E-state index in [-0.39, 0.29) is 260 Å². The Morgan fingerprint density at radius 2 is 1.00 bits per heavy atom. The number of hydrogen-bond donors (Lipinski definition) is 0. The van der Waals surface area contributed by atoms with Gasteiger partial charge in [-0.1, -0.05) is 104 Å². The molecule has 0 saturated carbocycles. The van der Waals surface area contributed by atoms with Crippen molar-refractivity contribution in [1.29, 1.82) is 0 Å². The van der Waals surface area contributed by atoms with Crippen LogP contribution in [-0.4, -0.2) is 0 Å². The minimum absolute atomic E-state index is 0. The Kier molecular flexibility index (Phi) is 127. The van der Waals surface area contributed by atoms with Crippen LogP contribution < -0.4 is 0 Å². The number of rotatable bonds is 0. The first kappa shape index (κ1) is 138. The molecule has 0 nitrogen and oxygen atoms in total. The van der Waals surface area contributed by atoms with Crippen LogP contribution in [0.25, 0.3) is 0 Å². The minimum atomic E-state index is 0. The summed E-state index contributed by atoms with van der Waals surface area (Å²) in [7, 11) is 0. The van der Waals surface area contributed by atoms with Crippen LogP contribution in [0.1, 0.15) is 94.0 Å². The fourth-order valence-electron chi connectivity index (χ4n) is 4.92. The summed E-state index contributed by atoms with van der Waals surface area (Å²) in [5, 5.41) is 45.3. The van der Waals surface area contributed by atoms with Gasteiger partial charge in [0.25, 0.3) is 0 Å². The zero-order chi connectivity index (χ0) is 65.2. The second-order valence-electron chi connectivity index (χ2n) is 18.2. The first-order chi connectivity index (χ1) is 42.1. The Bertz CT molecular complexity index is 2990. The molecule has 14 aromatic heterocycles. The van der Waals surface area contributed by atoms with Crippen LogP contribution in [0, 0.1) is 205 Å². The molecule has 14 rings (SSSR count). The molecule has 0 fully saturated rings. The van der Waals surface area contributed by atoms with E-state index in [1.165, 1.54) is 94.0 Å². The molecular weight excluding hydrogens is 2050 g/mol. The van der Waals surface area contributed by atoms with Crippen molar-refractivity contribution in [3.05, 3.63) is 311 Å². The van der Waals surface area contributed by atoms with Crippen LogP contribution in [-0.2, 0) is 260 Å². The van der Waals surface area contributed by atoms with Crippen LogP contribution in [0.2, 0.25) is 0 Å². The maximum atomic E-state index is 3.16. The largest absolute Gasteiger partial charge is 0.304 e. The molecule has 28 heteroatoms. The Labute approximate surface area is 840 Å². The van der Waals surface area contributed by atoms with Gasteiger partial charge in [0.2, 0.25) is 0 Å². The van der Waals surface area contributed by atoms with Gasteiger partial charge in [0, 0.05) is 260 Å². The minimum Gasteiger partial charge on any atom is -0.304 e. The maximum absolute atomic E-state index is 3.16. The number of aryl methyl sites for hydroxylation is 18. The normalized spacial score (nSPS) is 7.78. The van der Waals surface area contributed by atoms with Crippen LogP contribution in [0.4, 0.5) is 0 Å². The topological polar surface area (TPSA) is 0 Å². The molecule has 542 valence electrons. The molecule has 0 N–H and O–H groups in total. The summed E-state index contributed by atoms with van der Waals surface area (Å²) in [4.78, 5) is 11.9. The van der Waals surface area contributed by atoms with Gasteiger partial charge in [0.1, 0.15) is 0 Å². The van der Waals surface area contributed by atoms with Crippen molar-refractivity contribution in [2.75, 3.05) is 0 Å². The van der Waals surface area contributed by atoms with Gasteiger partial charge in [-0.25, -0.2) is 102 Å². The summed E-state index contributed by atoms with van der Waals surface area (Å²) >= 11 is 23.5. The monoisotopic (exact) mass is 2130 g/mol. The fourth-order valence-corrected chi connectivity index (χ4v) is 12.9. The van der Waals surface area contributed by atoms with Gasteiger partial charge in [0.05, 0.1) is 0 Å². The second-order valence-corrected chi connectivity index (χ2v) is 31.6. The first-order valence-corrected chi connectivity index (χ1v) is 39.2. The van der Waals surface area contributed by atoms with Gasteiger partial charge in [0.15, 0.2) is 0 Å². The van der Waals surface area contributed by atoms with Crippen molar-refractivity contribution in [1.82, 2.24) is 0 Å². The van der Waals surface area contributed by atoms with Gasteiger partial charge >= 0.3 is 0 Å². The zero-order valence-electron chi connectivity index (χ0n) is 59.8. The molecule has 14 heterocycles. The van der Waals surface area contributed by atoms with Crippen LogP contribution in [0.15, 0.2) is 137 Å². The molecular formula is C74H78S14V14-14. The van der Waals surface area contributed by atoms with E-state index in [9.17, 15) is 0 Å². The smallest absolute Gasteiger partial charge is 0 e. The van der Waals surface area contributed by atoms with Crippen LogP contribution in [0.5, 0.6) is 0 Å². The quantitative estimate of drug-likeness (QED) is 0.133. The van der Waals surface area contributed by atoms with Gasteiger partial charge in [-0.05, 0) is 20.8 Å². The van der Waals surface area contributed by atoms with E-state index in [0.717, 1.165) is 0 Å². The molecule has 0 aromatic carbocycles. The van der Waals surface area contributed by atoms with Gasteiger partial charge in [-0.2, -0.15) is 117 Å². The van der Waals surface area contributed by atoms with E-state index in [1.54, 1.807) is 159 Å². The second kappa shape index (κ2) is 93.8. The van der Waals surface area contributed by atoms with Crippen molar-refractivity contribution >= 4 is 159 Å². The number of hydrogen-bond acceptors (Lipinski definition) is 14. The molecule has 14 radical (unpaired) electrons. The van der Waals surface area contributed by atoms with Crippen LogP contribution in [0.3, 0.4) is 0 Å². The zero-order valence-corrected chi connectivity index (χ0v) is 90.8. The predicted octanol–water partition coefficient (Wildman–Crippen LogP) is 27.2. The van der Waals surface area contributed by atoms with E-state index in [1.807, 2.05) is 131 Å². The average molecular weight is 2130 g/mol. The van der Waals surface area contributed by atoms with Crippen LogP contribution >= 0.6 is 159 Å². The first-order valence-electron chi connectivity index (χ1n) is 27.0. The molecule has 102 heavy (non-hydrogen) atoms. The van der Waals surface area contributed by atoms with E-state index in [4.69, 9.17) is 0 Å². The Morgan fingerprint density at radius 3 is 1.14 bits per heavy atom. The summed E-state index contributed by atoms with van der Waals surface area (Å²) in [5.74, 6) is 0. The molecule has 0 amide bonds. The molecule has 0 spiro atoms. The van der Waals surface area contributed by atoms with E-state index in [0.29, 0.717) is 0 Å². The molecule has 0 aliphatic heterocycles. The van der Waals surface area contributed by atoms with Gasteiger partial charge in [-0.15, -0.1) is 93.3 Å². The predicted molar refractivity (Wildman–Crippen MR) is 409 cm³/mol. The maximum Gasteiger partial charge on any atom is 0 e. The van der Waals surface area contributed by atoms with Gasteiger partial charge < -0.3 is 79.4 Å². The summed E-state index contributed by atoms with van der Waals surface area (Å²) in [6, 6.07) is 45.0. The van der Waals surface area contributed by atoms with E-state index >= 15 is 0 Å². The van der Waals surface area contributed by atoms with E-state index < -0.39 is 0 Å². The molecule has 0 saturated heterocycles. The Morgan fingerprint density at radius 1 is 0.314 bits per heavy atom. The SMILES string of the molecule is Cc1[c-]c(C)sc1.Cc1[c-]cc(C)s1.Cc1[c-]ccs1.Cc1[c-]csc1.Cc1[c-]csc1C.Cc1[c-]sc(C)c1.Cc1[c-]scc1.Cc1[c-]scc1C.Cc1c[c-]cs1.Cc1c[c-]sc1.Cc1c[c-]sc1C.Cc1cc[c-]s1.[V].[V].[V].[V].[V].[V].[V].[V].[V].[V].[V].[V].[V].[V].[c-]1cccs1.[c-]1ccsc1. The Balaban J connectivity index is -0.0000000675. The fraction of sp³-hybridized carbons (Fsp3) is 0.243. The summed E-state index contributed by atoms with van der Waals surface area (Å²) in [5.41, 5.74) is 11.6. The summed E-state index contributed by atoms with van der Waals surface area (Å²) < 4.78 is 0. The van der Waals surface area contributed by atoms with Crippen molar-refractivity contribution in [2.24, 2.45) is 0 Å². The summed E-state index contributed by atoms with van der Waals surface area (Å²) in [6.07, 6.45) is 0. The standard InChI is InChI=1S/6C6H7S.6C5H5S.2C4H3S.14V/c1-5-3-7-4-6(5)2;2*1-5-3-6(2)7-4-5;2*1-5-3-4-7-6(5)2;1-5-3-4-6(2)7-5;3*1-5-2-3-6-4-5;3*1-5-3-2-4-6-5;2*1-2-4-5-3-1;;;;;;;;;;;;;;/h3H,1-2H3;4H,1-2H3;3H,1-2H3;4H,1-2H3;2*3H,1-2H3;3-4H,1H3;2,4H,1H3;2-3H,1H3;3-4H,1H3;2,4H,1H3;2-3H,1H3;1,3-4H;1-3H;;;;;;;;;;;;;;/q14*-1;;;;;;;;;;;;;;. The molecule has 0 aliphatic carbocycles. The van der Waals surface area contributed by atoms with Crippen molar-refractivity contribution in [3.63, 3.8) is 0 Å². The third kappa shape index (κ3) is 86.4. The third-order valence-corrected chi connectivity index (χ3v) is 20.7. The average Bonchev–Trinajstić information content (AvgIpc) is 1.85. The van der Waals surface area contributed by atoms with Crippen molar-refractivity contribution in [2.45, 2.75) is 125 Å². The molecule has 0 aliphatic rings. The van der Waals surface area contributed by atoms with Crippen molar-refractivity contribution in [3.8, 4) is 0 Å². The Hall–Kier alpha value is 3.98. The molecule has 0 bridgehead atoms.